The van der Waals surface area contributed by atoms with Gasteiger partial charge < -0.3 is 10.1 Å². The summed E-state index contributed by atoms with van der Waals surface area (Å²) < 4.78 is 16.7. The van der Waals surface area contributed by atoms with Crippen LogP contribution >= 0.6 is 0 Å². The Hall–Kier alpha value is -2.40. The van der Waals surface area contributed by atoms with Gasteiger partial charge in [-0.05, 0) is 25.1 Å². The molecule has 5 heteroatoms. The summed E-state index contributed by atoms with van der Waals surface area (Å²) >= 11 is 0. The number of nitrogens with zero attached hydrogens (tertiary/aromatic N) is 2. The van der Waals surface area contributed by atoms with Gasteiger partial charge in [0.1, 0.15) is 5.52 Å². The van der Waals surface area contributed by atoms with Crippen molar-refractivity contribution in [3.8, 4) is 5.69 Å². The molecule has 3 aromatic rings. The topological polar surface area (TPSA) is 52.4 Å². The lowest BCUT2D eigenvalue weighted by atomic mass is 10.2. The molecule has 0 aliphatic carbocycles. The SMILES string of the molecule is CC(N)c1cn2ccc(F)c2c(=O)n1-c1ccccc1. The molecule has 1 aromatic carbocycles. The summed E-state index contributed by atoms with van der Waals surface area (Å²) in [5.41, 5.74) is 6.87. The van der Waals surface area contributed by atoms with E-state index in [0.717, 1.165) is 0 Å². The molecule has 0 spiro atoms. The number of fused-ring (bicyclic) bond motifs is 1. The molecule has 0 fully saturated rings. The van der Waals surface area contributed by atoms with Gasteiger partial charge in [-0.3, -0.25) is 9.36 Å². The van der Waals surface area contributed by atoms with E-state index in [0.29, 0.717) is 11.4 Å². The molecule has 0 radical (unpaired) electrons. The molecule has 0 bridgehead atoms. The zero-order chi connectivity index (χ0) is 14.3. The molecule has 0 aliphatic heterocycles. The maximum Gasteiger partial charge on any atom is 0.282 e. The van der Waals surface area contributed by atoms with Crippen LogP contribution in [0.4, 0.5) is 4.39 Å². The summed E-state index contributed by atoms with van der Waals surface area (Å²) in [7, 11) is 0. The van der Waals surface area contributed by atoms with Crippen molar-refractivity contribution in [3.63, 3.8) is 0 Å². The second-order valence-corrected chi connectivity index (χ2v) is 4.74. The lowest BCUT2D eigenvalue weighted by molar-refractivity contribution is 0.635. The molecule has 3 rings (SSSR count). The van der Waals surface area contributed by atoms with Gasteiger partial charge in [-0.2, -0.15) is 0 Å². The average molecular weight is 271 g/mol. The number of para-hydroxylation sites is 1. The highest BCUT2D eigenvalue weighted by Crippen LogP contribution is 2.16. The van der Waals surface area contributed by atoms with Gasteiger partial charge in [0.25, 0.3) is 5.56 Å². The number of hydrogen-bond acceptors (Lipinski definition) is 2. The van der Waals surface area contributed by atoms with Crippen molar-refractivity contribution in [3.05, 3.63) is 70.7 Å². The van der Waals surface area contributed by atoms with Gasteiger partial charge in [-0.15, -0.1) is 0 Å². The predicted octanol–water partition coefficient (Wildman–Crippen LogP) is 2.25. The van der Waals surface area contributed by atoms with E-state index in [1.54, 1.807) is 25.3 Å². The Kier molecular flexibility index (Phi) is 2.91. The third-order valence-corrected chi connectivity index (χ3v) is 3.28. The van der Waals surface area contributed by atoms with Crippen LogP contribution in [-0.2, 0) is 0 Å². The molecule has 0 aliphatic rings. The number of aromatic nitrogens is 2. The third-order valence-electron chi connectivity index (χ3n) is 3.28. The number of nitrogens with two attached hydrogens (primary N) is 1. The fourth-order valence-electron chi connectivity index (χ4n) is 2.33. The van der Waals surface area contributed by atoms with Crippen molar-refractivity contribution < 1.29 is 4.39 Å². The van der Waals surface area contributed by atoms with Crippen LogP contribution in [0.5, 0.6) is 0 Å². The Morgan fingerprint density at radius 1 is 1.20 bits per heavy atom. The number of hydrogen-bond donors (Lipinski definition) is 1. The van der Waals surface area contributed by atoms with Gasteiger partial charge in [-0.25, -0.2) is 4.39 Å². The fourth-order valence-corrected chi connectivity index (χ4v) is 2.33. The van der Waals surface area contributed by atoms with Crippen LogP contribution in [0.2, 0.25) is 0 Å². The van der Waals surface area contributed by atoms with E-state index in [2.05, 4.69) is 0 Å². The first-order valence-corrected chi connectivity index (χ1v) is 6.32. The smallest absolute Gasteiger partial charge is 0.282 e. The Morgan fingerprint density at radius 2 is 1.90 bits per heavy atom. The highest BCUT2D eigenvalue weighted by Gasteiger charge is 2.16. The highest BCUT2D eigenvalue weighted by atomic mass is 19.1. The van der Waals surface area contributed by atoms with Crippen LogP contribution in [0, 0.1) is 5.82 Å². The zero-order valence-corrected chi connectivity index (χ0v) is 11.0. The van der Waals surface area contributed by atoms with E-state index in [9.17, 15) is 9.18 Å². The first-order valence-electron chi connectivity index (χ1n) is 6.32. The highest BCUT2D eigenvalue weighted by molar-refractivity contribution is 5.50. The van der Waals surface area contributed by atoms with E-state index in [-0.39, 0.29) is 11.6 Å². The summed E-state index contributed by atoms with van der Waals surface area (Å²) in [6, 6.07) is 10.0. The molecular formula is C15H14FN3O. The van der Waals surface area contributed by atoms with Crippen LogP contribution in [0.25, 0.3) is 11.2 Å². The second kappa shape index (κ2) is 4.61. The summed E-state index contributed by atoms with van der Waals surface area (Å²) in [4.78, 5) is 12.6. The number of rotatable bonds is 2. The lowest BCUT2D eigenvalue weighted by Gasteiger charge is -2.16. The largest absolute Gasteiger partial charge is 0.323 e. The van der Waals surface area contributed by atoms with E-state index in [4.69, 9.17) is 5.73 Å². The van der Waals surface area contributed by atoms with Gasteiger partial charge >= 0.3 is 0 Å². The molecule has 2 N–H and O–H groups in total. The Bertz CT molecular complexity index is 818. The molecule has 2 aromatic heterocycles. The van der Waals surface area contributed by atoms with Crippen LogP contribution in [-0.4, -0.2) is 8.97 Å². The molecule has 4 nitrogen and oxygen atoms in total. The molecule has 20 heavy (non-hydrogen) atoms. The van der Waals surface area contributed by atoms with Gasteiger partial charge in [-0.1, -0.05) is 18.2 Å². The third kappa shape index (κ3) is 1.83. The van der Waals surface area contributed by atoms with Crippen molar-refractivity contribution in [2.45, 2.75) is 13.0 Å². The van der Waals surface area contributed by atoms with Crippen molar-refractivity contribution in [1.82, 2.24) is 8.97 Å². The predicted molar refractivity (Wildman–Crippen MR) is 75.6 cm³/mol. The van der Waals surface area contributed by atoms with Crippen molar-refractivity contribution in [1.29, 1.82) is 0 Å². The van der Waals surface area contributed by atoms with Crippen LogP contribution < -0.4 is 11.3 Å². The van der Waals surface area contributed by atoms with Crippen LogP contribution in [0.3, 0.4) is 0 Å². The Labute approximate surface area is 114 Å². The minimum atomic E-state index is -0.532. The number of halogens is 1. The maximum absolute atomic E-state index is 13.8. The Balaban J connectivity index is 2.45. The molecule has 2 heterocycles. The summed E-state index contributed by atoms with van der Waals surface area (Å²) in [6.07, 6.45) is 3.21. The molecule has 1 unspecified atom stereocenters. The standard InChI is InChI=1S/C15H14FN3O/c1-10(17)13-9-18-8-7-12(16)14(18)15(20)19(13)11-5-3-2-4-6-11/h2-10H,17H2,1H3. The van der Waals surface area contributed by atoms with Crippen molar-refractivity contribution in [2.75, 3.05) is 0 Å². The van der Waals surface area contributed by atoms with E-state index in [1.807, 2.05) is 18.2 Å². The Morgan fingerprint density at radius 3 is 2.55 bits per heavy atom. The van der Waals surface area contributed by atoms with E-state index >= 15 is 0 Å². The second-order valence-electron chi connectivity index (χ2n) is 4.74. The fraction of sp³-hybridized carbons (Fsp3) is 0.133. The van der Waals surface area contributed by atoms with Crippen molar-refractivity contribution in [2.24, 2.45) is 5.73 Å². The summed E-state index contributed by atoms with van der Waals surface area (Å²) in [5, 5.41) is 0. The first kappa shape index (κ1) is 12.6. The quantitative estimate of drug-likeness (QED) is 0.777. The molecule has 1 atom stereocenters. The molecule has 0 amide bonds. The average Bonchev–Trinajstić information content (AvgIpc) is 2.81. The van der Waals surface area contributed by atoms with Gasteiger partial charge in [0, 0.05) is 24.1 Å². The molecule has 102 valence electrons. The van der Waals surface area contributed by atoms with Crippen LogP contribution in [0.15, 0.2) is 53.6 Å². The zero-order valence-electron chi connectivity index (χ0n) is 11.0. The normalized spacial score (nSPS) is 12.8. The molecule has 0 saturated carbocycles. The summed E-state index contributed by atoms with van der Waals surface area (Å²) in [6.45, 7) is 1.79. The molecule has 0 saturated heterocycles. The molecular weight excluding hydrogens is 257 g/mol. The monoisotopic (exact) mass is 271 g/mol. The van der Waals surface area contributed by atoms with Gasteiger partial charge in [0.2, 0.25) is 0 Å². The van der Waals surface area contributed by atoms with E-state index < -0.39 is 11.4 Å². The minimum absolute atomic E-state index is 0.0262. The number of benzene rings is 1. The lowest BCUT2D eigenvalue weighted by Crippen LogP contribution is -2.27. The van der Waals surface area contributed by atoms with Gasteiger partial charge in [0.15, 0.2) is 5.82 Å². The van der Waals surface area contributed by atoms with Crippen molar-refractivity contribution >= 4 is 5.52 Å². The first-order chi connectivity index (χ1) is 9.59. The minimum Gasteiger partial charge on any atom is -0.323 e. The van der Waals surface area contributed by atoms with Gasteiger partial charge in [0.05, 0.1) is 5.69 Å². The maximum atomic E-state index is 13.8. The summed E-state index contributed by atoms with van der Waals surface area (Å²) in [5.74, 6) is -0.532. The van der Waals surface area contributed by atoms with E-state index in [1.165, 1.54) is 21.2 Å². The van der Waals surface area contributed by atoms with Crippen LogP contribution in [0.1, 0.15) is 18.7 Å².